The van der Waals surface area contributed by atoms with Crippen LogP contribution in [-0.2, 0) is 16.1 Å². The average Bonchev–Trinajstić information content (AvgIpc) is 3.26. The summed E-state index contributed by atoms with van der Waals surface area (Å²) in [6, 6.07) is 17.4. The van der Waals surface area contributed by atoms with Crippen molar-refractivity contribution in [1.29, 1.82) is 0 Å². The summed E-state index contributed by atoms with van der Waals surface area (Å²) in [5.74, 6) is 0.726. The van der Waals surface area contributed by atoms with Gasteiger partial charge in [0.2, 0.25) is 0 Å². The highest BCUT2D eigenvalue weighted by molar-refractivity contribution is 9.10. The van der Waals surface area contributed by atoms with Crippen molar-refractivity contribution in [3.05, 3.63) is 123 Å². The normalized spacial score (nSPS) is 14.8. The number of nitrogens with zero attached hydrogens (tertiary/aromatic N) is 2. The van der Waals surface area contributed by atoms with Crippen LogP contribution in [-0.4, -0.2) is 24.3 Å². The molecule has 0 fully saturated rings. The summed E-state index contributed by atoms with van der Waals surface area (Å²) in [4.78, 5) is 32.2. The fourth-order valence-corrected chi connectivity index (χ4v) is 6.67. The fourth-order valence-electron chi connectivity index (χ4n) is 4.60. The second-order valence-electron chi connectivity index (χ2n) is 9.29. The lowest BCUT2D eigenvalue weighted by Gasteiger charge is -2.25. The van der Waals surface area contributed by atoms with E-state index in [-0.39, 0.29) is 18.8 Å². The Morgan fingerprint density at radius 3 is 2.67 bits per heavy atom. The molecule has 0 unspecified atom stereocenters. The third kappa shape index (κ3) is 6.20. The van der Waals surface area contributed by atoms with Gasteiger partial charge in [-0.2, -0.15) is 0 Å². The zero-order chi connectivity index (χ0) is 30.0. The zero-order valence-corrected chi connectivity index (χ0v) is 26.7. The van der Waals surface area contributed by atoms with Crippen molar-refractivity contribution in [3.63, 3.8) is 0 Å². The topological polar surface area (TPSA) is 79.1 Å². The molecule has 0 N–H and O–H groups in total. The molecule has 3 aromatic carbocycles. The van der Waals surface area contributed by atoms with Crippen molar-refractivity contribution in [1.82, 2.24) is 4.57 Å². The summed E-state index contributed by atoms with van der Waals surface area (Å²) in [5.41, 5.74) is 2.81. The van der Waals surface area contributed by atoms with Gasteiger partial charge in [-0.25, -0.2) is 9.79 Å². The maximum Gasteiger partial charge on any atom is 0.338 e. The van der Waals surface area contributed by atoms with Crippen molar-refractivity contribution in [2.24, 2.45) is 4.99 Å². The molecule has 2 heterocycles. The van der Waals surface area contributed by atoms with Gasteiger partial charge in [0.15, 0.2) is 4.80 Å². The van der Waals surface area contributed by atoms with Crippen LogP contribution >= 0.6 is 50.5 Å². The number of halogens is 3. The van der Waals surface area contributed by atoms with Gasteiger partial charge in [-0.3, -0.25) is 9.36 Å². The first-order chi connectivity index (χ1) is 20.2. The molecule has 7 nitrogen and oxygen atoms in total. The number of thiazole rings is 1. The Hall–Kier alpha value is -3.37. The predicted molar refractivity (Wildman–Crippen MR) is 168 cm³/mol. The molecule has 4 aromatic rings. The summed E-state index contributed by atoms with van der Waals surface area (Å²) < 4.78 is 19.4. The Labute approximate surface area is 264 Å². The largest absolute Gasteiger partial charge is 0.496 e. The van der Waals surface area contributed by atoms with Gasteiger partial charge in [0.25, 0.3) is 5.56 Å². The van der Waals surface area contributed by atoms with E-state index in [1.54, 1.807) is 49.8 Å². The first-order valence-corrected chi connectivity index (χ1v) is 15.3. The van der Waals surface area contributed by atoms with Gasteiger partial charge in [-0.15, -0.1) is 0 Å². The van der Waals surface area contributed by atoms with Crippen LogP contribution in [0.4, 0.5) is 0 Å². The number of rotatable bonds is 8. The standard InChI is InChI=1S/C31H25BrCl2N2O5S/c1-4-40-30(38)27-17(2)35-31-36(28(27)19-9-11-25(39-3)23(32)14-19)29(37)26(42-31)13-18-6-5-7-22(12-18)41-16-20-8-10-21(33)15-24(20)34/h5-15,28H,4,16H2,1-3H3/b26-13+/t28-/m1/s1. The van der Waals surface area contributed by atoms with E-state index in [2.05, 4.69) is 20.9 Å². The highest BCUT2D eigenvalue weighted by atomic mass is 79.9. The molecule has 0 bridgehead atoms. The summed E-state index contributed by atoms with van der Waals surface area (Å²) >= 11 is 17.1. The van der Waals surface area contributed by atoms with Gasteiger partial charge in [-0.1, -0.05) is 58.8 Å². The van der Waals surface area contributed by atoms with E-state index in [0.29, 0.717) is 52.2 Å². The molecular formula is C31H25BrCl2N2O5S. The van der Waals surface area contributed by atoms with E-state index in [9.17, 15) is 9.59 Å². The zero-order valence-electron chi connectivity index (χ0n) is 22.8. The molecule has 216 valence electrons. The van der Waals surface area contributed by atoms with Crippen molar-refractivity contribution in [3.8, 4) is 11.5 Å². The summed E-state index contributed by atoms with van der Waals surface area (Å²) in [7, 11) is 1.57. The number of esters is 1. The van der Waals surface area contributed by atoms with Crippen molar-refractivity contribution >= 4 is 62.5 Å². The van der Waals surface area contributed by atoms with E-state index in [0.717, 1.165) is 11.1 Å². The van der Waals surface area contributed by atoms with E-state index < -0.39 is 12.0 Å². The lowest BCUT2D eigenvalue weighted by molar-refractivity contribution is -0.139. The van der Waals surface area contributed by atoms with Gasteiger partial charge in [0, 0.05) is 15.6 Å². The molecule has 42 heavy (non-hydrogen) atoms. The van der Waals surface area contributed by atoms with Crippen LogP contribution < -0.4 is 24.4 Å². The third-order valence-corrected chi connectivity index (χ3v) is 8.76. The molecule has 1 aromatic heterocycles. The Morgan fingerprint density at radius 2 is 1.95 bits per heavy atom. The molecule has 1 atom stereocenters. The van der Waals surface area contributed by atoms with Gasteiger partial charge in [-0.05, 0) is 83.4 Å². The first-order valence-electron chi connectivity index (χ1n) is 12.9. The SMILES string of the molecule is CCOC(=O)C1=C(C)N=c2s/c(=C/c3cccc(OCc4ccc(Cl)cc4Cl)c3)c(=O)n2[C@@H]1c1ccc(OC)c(Br)c1. The average molecular weight is 688 g/mol. The summed E-state index contributed by atoms with van der Waals surface area (Å²) in [5, 5.41) is 1.08. The molecule has 1 aliphatic rings. The molecule has 1 aliphatic heterocycles. The minimum Gasteiger partial charge on any atom is -0.496 e. The van der Waals surface area contributed by atoms with E-state index in [4.69, 9.17) is 37.4 Å². The van der Waals surface area contributed by atoms with Crippen molar-refractivity contribution in [2.75, 3.05) is 13.7 Å². The number of carbonyl (C=O) groups is 1. The van der Waals surface area contributed by atoms with Crippen LogP contribution in [0.15, 0.2) is 86.2 Å². The summed E-state index contributed by atoms with van der Waals surface area (Å²) in [6.45, 7) is 3.95. The maximum atomic E-state index is 13.9. The Bertz CT molecular complexity index is 1900. The number of fused-ring (bicyclic) bond motifs is 1. The second-order valence-corrected chi connectivity index (χ2v) is 12.0. The smallest absolute Gasteiger partial charge is 0.338 e. The molecule has 0 amide bonds. The molecule has 0 aliphatic carbocycles. The van der Waals surface area contributed by atoms with Crippen molar-refractivity contribution in [2.45, 2.75) is 26.5 Å². The number of ether oxygens (including phenoxy) is 3. The van der Waals surface area contributed by atoms with E-state index >= 15 is 0 Å². The maximum absolute atomic E-state index is 13.9. The van der Waals surface area contributed by atoms with E-state index in [1.165, 1.54) is 11.3 Å². The number of methoxy groups -OCH3 is 1. The highest BCUT2D eigenvalue weighted by Crippen LogP contribution is 2.35. The predicted octanol–water partition coefficient (Wildman–Crippen LogP) is 6.46. The number of carbonyl (C=O) groups excluding carboxylic acids is 1. The molecule has 5 rings (SSSR count). The van der Waals surface area contributed by atoms with Crippen LogP contribution in [0.25, 0.3) is 6.08 Å². The second kappa shape index (κ2) is 12.9. The van der Waals surface area contributed by atoms with Crippen molar-refractivity contribution < 1.29 is 19.0 Å². The summed E-state index contributed by atoms with van der Waals surface area (Å²) in [6.07, 6.45) is 1.79. The molecular weight excluding hydrogens is 663 g/mol. The van der Waals surface area contributed by atoms with E-state index in [1.807, 2.05) is 42.5 Å². The van der Waals surface area contributed by atoms with Crippen LogP contribution in [0.1, 0.15) is 36.6 Å². The quantitative estimate of drug-likeness (QED) is 0.199. The molecule has 11 heteroatoms. The van der Waals surface area contributed by atoms with Crippen LogP contribution in [0, 0.1) is 0 Å². The van der Waals surface area contributed by atoms with Gasteiger partial charge in [0.05, 0.1) is 40.0 Å². The number of hydrogen-bond donors (Lipinski definition) is 0. The van der Waals surface area contributed by atoms with Crippen LogP contribution in [0.2, 0.25) is 10.0 Å². The van der Waals surface area contributed by atoms with Crippen LogP contribution in [0.5, 0.6) is 11.5 Å². The number of aromatic nitrogens is 1. The Kier molecular flexibility index (Phi) is 9.22. The minimum absolute atomic E-state index is 0.196. The van der Waals surface area contributed by atoms with Gasteiger partial charge >= 0.3 is 5.97 Å². The monoisotopic (exact) mass is 686 g/mol. The Morgan fingerprint density at radius 1 is 1.14 bits per heavy atom. The number of hydrogen-bond acceptors (Lipinski definition) is 7. The Balaban J connectivity index is 1.55. The molecule has 0 saturated heterocycles. The fraction of sp³-hybridized carbons (Fsp3) is 0.194. The van der Waals surface area contributed by atoms with Crippen LogP contribution in [0.3, 0.4) is 0 Å². The van der Waals surface area contributed by atoms with Gasteiger partial charge < -0.3 is 14.2 Å². The third-order valence-electron chi connectivity index (χ3n) is 6.57. The lowest BCUT2D eigenvalue weighted by atomic mass is 9.96. The lowest BCUT2D eigenvalue weighted by Crippen LogP contribution is -2.39. The first kappa shape index (κ1) is 30.1. The number of benzene rings is 3. The molecule has 0 saturated carbocycles. The van der Waals surface area contributed by atoms with Gasteiger partial charge in [0.1, 0.15) is 18.1 Å². The molecule has 0 spiro atoms. The highest BCUT2D eigenvalue weighted by Gasteiger charge is 2.33. The minimum atomic E-state index is -0.733. The number of allylic oxidation sites excluding steroid dienone is 1. The molecule has 0 radical (unpaired) electrons.